The number of aromatic nitrogens is 3. The Bertz CT molecular complexity index is 1220. The highest BCUT2D eigenvalue weighted by Gasteiger charge is 2.22. The molecule has 4 aromatic rings. The van der Waals surface area contributed by atoms with Crippen molar-refractivity contribution in [2.75, 3.05) is 0 Å². The molecule has 0 saturated carbocycles. The van der Waals surface area contributed by atoms with Gasteiger partial charge in [0, 0.05) is 16.0 Å². The van der Waals surface area contributed by atoms with Gasteiger partial charge >= 0.3 is 0 Å². The summed E-state index contributed by atoms with van der Waals surface area (Å²) in [7, 11) is 0. The molecule has 1 aromatic carbocycles. The largest absolute Gasteiger partial charge is 0.268 e. The van der Waals surface area contributed by atoms with Crippen LogP contribution in [0, 0.1) is 6.92 Å². The van der Waals surface area contributed by atoms with E-state index in [9.17, 15) is 4.79 Å². The number of thiazole rings is 1. The molecule has 1 aliphatic rings. The Morgan fingerprint density at radius 1 is 1.10 bits per heavy atom. The average molecular weight is 440 g/mol. The van der Waals surface area contributed by atoms with E-state index in [1.807, 2.05) is 37.3 Å². The highest BCUT2D eigenvalue weighted by atomic mass is 32.2. The van der Waals surface area contributed by atoms with Crippen molar-refractivity contribution < 1.29 is 0 Å². The van der Waals surface area contributed by atoms with E-state index in [1.165, 1.54) is 23.3 Å². The second-order valence-electron chi connectivity index (χ2n) is 7.26. The van der Waals surface area contributed by atoms with E-state index in [1.54, 1.807) is 39.0 Å². The van der Waals surface area contributed by atoms with Gasteiger partial charge in [-0.05, 0) is 50.3 Å². The number of nitrogens with zero attached hydrogens (tertiary/aromatic N) is 3. The van der Waals surface area contributed by atoms with Crippen molar-refractivity contribution in [3.63, 3.8) is 0 Å². The molecule has 29 heavy (non-hydrogen) atoms. The zero-order chi connectivity index (χ0) is 19.8. The first-order chi connectivity index (χ1) is 14.2. The SMILES string of the molecule is Cc1nc(CSc2nc3sc4c(c3c(=O)n2-c2ccccc2)CCCCC4)cs1. The molecule has 5 rings (SSSR count). The van der Waals surface area contributed by atoms with Gasteiger partial charge in [-0.1, -0.05) is 36.4 Å². The topological polar surface area (TPSA) is 47.8 Å². The summed E-state index contributed by atoms with van der Waals surface area (Å²) in [6.07, 6.45) is 5.66. The first kappa shape index (κ1) is 19.0. The van der Waals surface area contributed by atoms with Crippen LogP contribution in [0.1, 0.15) is 40.4 Å². The van der Waals surface area contributed by atoms with Crippen LogP contribution in [0.3, 0.4) is 0 Å². The molecule has 0 saturated heterocycles. The van der Waals surface area contributed by atoms with E-state index in [2.05, 4.69) is 10.4 Å². The van der Waals surface area contributed by atoms with Crippen molar-refractivity contribution in [3.8, 4) is 5.69 Å². The van der Waals surface area contributed by atoms with Crippen molar-refractivity contribution in [1.29, 1.82) is 0 Å². The standard InChI is InChI=1S/C22H21N3OS3/c1-14-23-15(12-27-14)13-28-22-24-20-19(17-10-6-3-7-11-18(17)29-20)21(26)25(22)16-8-4-2-5-9-16/h2,4-5,8-9,12H,3,6-7,10-11,13H2,1H3. The fourth-order valence-corrected chi connectivity index (χ4v) is 6.80. The highest BCUT2D eigenvalue weighted by molar-refractivity contribution is 7.98. The maximum Gasteiger partial charge on any atom is 0.267 e. The molecule has 0 spiro atoms. The second-order valence-corrected chi connectivity index (χ2v) is 10.3. The summed E-state index contributed by atoms with van der Waals surface area (Å²) >= 11 is 4.96. The number of hydrogen-bond acceptors (Lipinski definition) is 6. The molecule has 0 atom stereocenters. The maximum atomic E-state index is 13.7. The third kappa shape index (κ3) is 3.67. The molecular weight excluding hydrogens is 418 g/mol. The van der Waals surface area contributed by atoms with Crippen molar-refractivity contribution in [3.05, 3.63) is 67.2 Å². The number of hydrogen-bond donors (Lipinski definition) is 0. The monoisotopic (exact) mass is 439 g/mol. The number of thiophene rings is 1. The average Bonchev–Trinajstić information content (AvgIpc) is 3.22. The van der Waals surface area contributed by atoms with Gasteiger partial charge in [0.15, 0.2) is 5.16 Å². The predicted octanol–water partition coefficient (Wildman–Crippen LogP) is 5.77. The smallest absolute Gasteiger partial charge is 0.267 e. The van der Waals surface area contributed by atoms with E-state index in [4.69, 9.17) is 4.98 Å². The lowest BCUT2D eigenvalue weighted by Crippen LogP contribution is -2.22. The van der Waals surface area contributed by atoms with Crippen molar-refractivity contribution in [1.82, 2.24) is 14.5 Å². The van der Waals surface area contributed by atoms with Crippen LogP contribution in [-0.2, 0) is 18.6 Å². The van der Waals surface area contributed by atoms with E-state index < -0.39 is 0 Å². The summed E-state index contributed by atoms with van der Waals surface area (Å²) in [5.41, 5.74) is 3.22. The molecule has 3 heterocycles. The van der Waals surface area contributed by atoms with E-state index in [0.717, 1.165) is 51.0 Å². The predicted molar refractivity (Wildman–Crippen MR) is 123 cm³/mol. The quantitative estimate of drug-likeness (QED) is 0.230. The van der Waals surface area contributed by atoms with Crippen LogP contribution in [0.5, 0.6) is 0 Å². The number of aryl methyl sites for hydroxylation is 3. The van der Waals surface area contributed by atoms with Crippen LogP contribution in [0.25, 0.3) is 15.9 Å². The zero-order valence-corrected chi connectivity index (χ0v) is 18.6. The van der Waals surface area contributed by atoms with Crippen LogP contribution in [0.15, 0.2) is 45.7 Å². The fraction of sp³-hybridized carbons (Fsp3) is 0.318. The molecule has 0 aliphatic heterocycles. The Hall–Kier alpha value is -1.96. The van der Waals surface area contributed by atoms with E-state index >= 15 is 0 Å². The third-order valence-corrected chi connectivity index (χ3v) is 8.22. The number of benzene rings is 1. The minimum absolute atomic E-state index is 0.0672. The third-order valence-electron chi connectivity index (χ3n) is 5.24. The minimum atomic E-state index is 0.0672. The van der Waals surface area contributed by atoms with E-state index in [-0.39, 0.29) is 5.56 Å². The van der Waals surface area contributed by atoms with Gasteiger partial charge < -0.3 is 0 Å². The summed E-state index contributed by atoms with van der Waals surface area (Å²) in [6, 6.07) is 9.88. The normalized spacial score (nSPS) is 14.1. The van der Waals surface area contributed by atoms with Crippen LogP contribution in [-0.4, -0.2) is 14.5 Å². The van der Waals surface area contributed by atoms with Gasteiger partial charge in [0.2, 0.25) is 0 Å². The maximum absolute atomic E-state index is 13.7. The summed E-state index contributed by atoms with van der Waals surface area (Å²) in [5.74, 6) is 0.709. The van der Waals surface area contributed by atoms with Crippen LogP contribution in [0.4, 0.5) is 0 Å². The fourth-order valence-electron chi connectivity index (χ4n) is 3.88. The van der Waals surface area contributed by atoms with Crippen molar-refractivity contribution >= 4 is 44.7 Å². The molecule has 0 amide bonds. The number of para-hydroxylation sites is 1. The Kier molecular flexibility index (Phi) is 5.28. The molecular formula is C22H21N3OS3. The van der Waals surface area contributed by atoms with Gasteiger partial charge in [-0.2, -0.15) is 0 Å². The first-order valence-corrected chi connectivity index (χ1v) is 12.6. The molecule has 0 bridgehead atoms. The lowest BCUT2D eigenvalue weighted by molar-refractivity contribution is 0.713. The number of thioether (sulfide) groups is 1. The summed E-state index contributed by atoms with van der Waals surface area (Å²) < 4.78 is 1.80. The van der Waals surface area contributed by atoms with Gasteiger partial charge in [-0.15, -0.1) is 22.7 Å². The van der Waals surface area contributed by atoms with Crippen molar-refractivity contribution in [2.45, 2.75) is 49.9 Å². The number of rotatable bonds is 4. The number of fused-ring (bicyclic) bond motifs is 3. The molecule has 1 aliphatic carbocycles. The first-order valence-electron chi connectivity index (χ1n) is 9.87. The van der Waals surface area contributed by atoms with Crippen LogP contribution < -0.4 is 5.56 Å². The molecule has 7 heteroatoms. The van der Waals surface area contributed by atoms with Crippen molar-refractivity contribution in [2.24, 2.45) is 0 Å². The van der Waals surface area contributed by atoms with Crippen LogP contribution >= 0.6 is 34.4 Å². The lowest BCUT2D eigenvalue weighted by Gasteiger charge is -2.12. The highest BCUT2D eigenvalue weighted by Crippen LogP contribution is 2.35. The summed E-state index contributed by atoms with van der Waals surface area (Å²) in [4.78, 5) is 25.5. The molecule has 0 fully saturated rings. The lowest BCUT2D eigenvalue weighted by atomic mass is 10.1. The van der Waals surface area contributed by atoms with Gasteiger partial charge in [-0.25, -0.2) is 9.97 Å². The second kappa shape index (κ2) is 8.05. The zero-order valence-electron chi connectivity index (χ0n) is 16.2. The molecule has 0 radical (unpaired) electrons. The van der Waals surface area contributed by atoms with Gasteiger partial charge in [-0.3, -0.25) is 9.36 Å². The van der Waals surface area contributed by atoms with Gasteiger partial charge in [0.05, 0.1) is 21.8 Å². The Balaban J connectivity index is 1.67. The van der Waals surface area contributed by atoms with Crippen LogP contribution in [0.2, 0.25) is 0 Å². The Labute approximate surface area is 181 Å². The van der Waals surface area contributed by atoms with E-state index in [0.29, 0.717) is 5.75 Å². The summed E-state index contributed by atoms with van der Waals surface area (Å²) in [5, 5.41) is 4.73. The summed E-state index contributed by atoms with van der Waals surface area (Å²) in [6.45, 7) is 2.02. The Morgan fingerprint density at radius 3 is 2.72 bits per heavy atom. The van der Waals surface area contributed by atoms with Gasteiger partial charge in [0.25, 0.3) is 5.56 Å². The molecule has 0 unspecified atom stereocenters. The minimum Gasteiger partial charge on any atom is -0.268 e. The molecule has 148 valence electrons. The molecule has 3 aromatic heterocycles. The molecule has 0 N–H and O–H groups in total. The van der Waals surface area contributed by atoms with Gasteiger partial charge in [0.1, 0.15) is 4.83 Å². The molecule has 4 nitrogen and oxygen atoms in total. The Morgan fingerprint density at radius 2 is 1.93 bits per heavy atom.